The van der Waals surface area contributed by atoms with Crippen molar-refractivity contribution in [1.29, 1.82) is 0 Å². The van der Waals surface area contributed by atoms with Gasteiger partial charge in [-0.3, -0.25) is 10.1 Å². The number of hydrogen-bond acceptors (Lipinski definition) is 6. The average molecular weight is 384 g/mol. The number of nitro groups is 1. The Morgan fingerprint density at radius 2 is 1.79 bits per heavy atom. The van der Waals surface area contributed by atoms with Crippen LogP contribution in [-0.2, 0) is 0 Å². The van der Waals surface area contributed by atoms with Crippen molar-refractivity contribution in [1.82, 2.24) is 0 Å². The number of anilines is 3. The van der Waals surface area contributed by atoms with E-state index in [0.29, 0.717) is 11.4 Å². The first-order valence-electron chi connectivity index (χ1n) is 9.05. The number of allylic oxidation sites excluding steroid dienone is 1. The number of nitrogens with two attached hydrogens (primary N) is 2. The highest BCUT2D eigenvalue weighted by Gasteiger charge is 2.30. The van der Waals surface area contributed by atoms with Crippen molar-refractivity contribution in [3.63, 3.8) is 0 Å². The number of nitrogens with zero attached hydrogens (tertiary/aromatic N) is 2. The third kappa shape index (κ3) is 4.36. The molecule has 0 unspecified atom stereocenters. The maximum absolute atomic E-state index is 10.1. The number of likely N-dealkylation sites (N-methyl/N-ethyl adjacent to an activating group) is 1. The summed E-state index contributed by atoms with van der Waals surface area (Å²) in [5, 5.41) is 10.1. The van der Waals surface area contributed by atoms with Crippen LogP contribution >= 0.6 is 0 Å². The van der Waals surface area contributed by atoms with Gasteiger partial charge in [-0.2, -0.15) is 0 Å². The van der Waals surface area contributed by atoms with E-state index in [9.17, 15) is 10.1 Å². The van der Waals surface area contributed by atoms with Gasteiger partial charge < -0.3 is 21.1 Å². The van der Waals surface area contributed by atoms with Crippen LogP contribution in [0.1, 0.15) is 33.3 Å². The van der Waals surface area contributed by atoms with Crippen LogP contribution in [0.3, 0.4) is 0 Å². The van der Waals surface area contributed by atoms with Crippen LogP contribution in [0.25, 0.3) is 5.57 Å². The smallest absolute Gasteiger partial charge is 0.269 e. The molecule has 28 heavy (non-hydrogen) atoms. The van der Waals surface area contributed by atoms with E-state index in [2.05, 4.69) is 38.7 Å². The Kier molecular flexibility index (Phi) is 6.18. The van der Waals surface area contributed by atoms with E-state index in [1.165, 1.54) is 41.1 Å². The zero-order chi connectivity index (χ0) is 21.1. The largest absolute Gasteiger partial charge is 0.495 e. The van der Waals surface area contributed by atoms with E-state index in [1.54, 1.807) is 7.11 Å². The average Bonchev–Trinajstić information content (AvgIpc) is 2.62. The Morgan fingerprint density at radius 1 is 1.18 bits per heavy atom. The molecule has 0 aromatic heterocycles. The summed E-state index contributed by atoms with van der Waals surface area (Å²) in [6, 6.07) is 9.80. The summed E-state index contributed by atoms with van der Waals surface area (Å²) < 4.78 is 5.34. The molecule has 1 aliphatic heterocycles. The first-order chi connectivity index (χ1) is 13.1. The van der Waals surface area contributed by atoms with Crippen molar-refractivity contribution in [3.05, 3.63) is 58.2 Å². The van der Waals surface area contributed by atoms with Crippen LogP contribution < -0.4 is 21.1 Å². The van der Waals surface area contributed by atoms with E-state index >= 15 is 0 Å². The maximum Gasteiger partial charge on any atom is 0.269 e. The maximum atomic E-state index is 10.1. The number of nitro benzene ring substituents is 1. The molecule has 2 aromatic carbocycles. The van der Waals surface area contributed by atoms with Crippen molar-refractivity contribution in [2.75, 3.05) is 30.0 Å². The lowest BCUT2D eigenvalue weighted by Gasteiger charge is -2.43. The zero-order valence-electron chi connectivity index (χ0n) is 17.0. The molecule has 0 atom stereocenters. The van der Waals surface area contributed by atoms with E-state index in [1.807, 2.05) is 12.1 Å². The molecule has 0 aliphatic carbocycles. The molecule has 0 amide bonds. The van der Waals surface area contributed by atoms with Crippen LogP contribution in [0.5, 0.6) is 5.75 Å². The molecule has 0 bridgehead atoms. The highest BCUT2D eigenvalue weighted by molar-refractivity contribution is 5.85. The van der Waals surface area contributed by atoms with Gasteiger partial charge in [-0.05, 0) is 51.5 Å². The minimum absolute atomic E-state index is 0.0208. The molecule has 7 nitrogen and oxygen atoms in total. The van der Waals surface area contributed by atoms with E-state index < -0.39 is 4.92 Å². The number of ether oxygens (including phenoxy) is 1. The second-order valence-electron chi connectivity index (χ2n) is 7.19. The Morgan fingerprint density at radius 3 is 2.29 bits per heavy atom. The standard InChI is InChI=1S/C15H22N2O.C6H6N2O2/c1-6-17-13-8-14(18-5)12(16)7-11(13)10(2)9-15(17,3)4;7-5-1-3-6(4-2-5)8(9)10/h7-9H,6,16H2,1-5H3;1-4H,7H2. The molecule has 0 fully saturated rings. The Hall–Kier alpha value is -3.22. The molecular formula is C21H28N4O3. The highest BCUT2D eigenvalue weighted by Crippen LogP contribution is 2.42. The molecule has 1 aliphatic rings. The number of benzene rings is 2. The van der Waals surface area contributed by atoms with Crippen molar-refractivity contribution in [3.8, 4) is 5.75 Å². The van der Waals surface area contributed by atoms with Gasteiger partial charge in [0.05, 0.1) is 23.3 Å². The molecule has 3 rings (SSSR count). The van der Waals surface area contributed by atoms with Gasteiger partial charge in [0.2, 0.25) is 0 Å². The van der Waals surface area contributed by atoms with Crippen molar-refractivity contribution < 1.29 is 9.66 Å². The van der Waals surface area contributed by atoms with Gasteiger partial charge in [0.25, 0.3) is 5.69 Å². The molecule has 0 saturated carbocycles. The summed E-state index contributed by atoms with van der Waals surface area (Å²) >= 11 is 0. The topological polar surface area (TPSA) is 108 Å². The first kappa shape index (κ1) is 21.1. The van der Waals surface area contributed by atoms with Crippen molar-refractivity contribution in [2.45, 2.75) is 33.2 Å². The Balaban J connectivity index is 0.000000237. The van der Waals surface area contributed by atoms with Crippen LogP contribution in [0.4, 0.5) is 22.7 Å². The lowest BCUT2D eigenvalue weighted by atomic mass is 9.88. The summed E-state index contributed by atoms with van der Waals surface area (Å²) in [7, 11) is 1.66. The predicted molar refractivity (Wildman–Crippen MR) is 116 cm³/mol. The summed E-state index contributed by atoms with van der Waals surface area (Å²) in [6.45, 7) is 9.72. The monoisotopic (exact) mass is 384 g/mol. The highest BCUT2D eigenvalue weighted by atomic mass is 16.6. The third-order valence-corrected chi connectivity index (χ3v) is 4.75. The fourth-order valence-electron chi connectivity index (χ4n) is 3.47. The molecule has 4 N–H and O–H groups in total. The molecule has 2 aromatic rings. The number of rotatable bonds is 3. The zero-order valence-corrected chi connectivity index (χ0v) is 17.0. The molecule has 0 spiro atoms. The van der Waals surface area contributed by atoms with Gasteiger partial charge in [-0.15, -0.1) is 0 Å². The molecule has 7 heteroatoms. The quantitative estimate of drug-likeness (QED) is 0.459. The van der Waals surface area contributed by atoms with Gasteiger partial charge >= 0.3 is 0 Å². The Bertz CT molecular complexity index is 889. The van der Waals surface area contributed by atoms with Crippen LogP contribution in [0.2, 0.25) is 0 Å². The predicted octanol–water partition coefficient (Wildman–Crippen LogP) is 4.48. The molecule has 0 saturated heterocycles. The second-order valence-corrected chi connectivity index (χ2v) is 7.19. The number of fused-ring (bicyclic) bond motifs is 1. The summed E-state index contributed by atoms with van der Waals surface area (Å²) in [4.78, 5) is 12.0. The second kappa shape index (κ2) is 8.21. The van der Waals surface area contributed by atoms with Crippen molar-refractivity contribution in [2.24, 2.45) is 0 Å². The number of nitrogen functional groups attached to an aromatic ring is 2. The van der Waals surface area contributed by atoms with E-state index in [-0.39, 0.29) is 11.2 Å². The number of non-ortho nitro benzene ring substituents is 1. The summed E-state index contributed by atoms with van der Waals surface area (Å²) in [6.07, 6.45) is 2.30. The normalized spacial score (nSPS) is 14.3. The lowest BCUT2D eigenvalue weighted by molar-refractivity contribution is -0.384. The van der Waals surface area contributed by atoms with E-state index in [4.69, 9.17) is 16.2 Å². The molecule has 1 heterocycles. The van der Waals surface area contributed by atoms with Crippen LogP contribution in [-0.4, -0.2) is 24.1 Å². The van der Waals surface area contributed by atoms with Crippen LogP contribution in [0, 0.1) is 10.1 Å². The minimum Gasteiger partial charge on any atom is -0.495 e. The van der Waals surface area contributed by atoms with Gasteiger partial charge in [0.1, 0.15) is 5.75 Å². The van der Waals surface area contributed by atoms with E-state index in [0.717, 1.165) is 12.3 Å². The fourth-order valence-corrected chi connectivity index (χ4v) is 3.47. The summed E-state index contributed by atoms with van der Waals surface area (Å²) in [5.41, 5.74) is 16.3. The van der Waals surface area contributed by atoms with Gasteiger partial charge in [0.15, 0.2) is 0 Å². The first-order valence-corrected chi connectivity index (χ1v) is 9.05. The minimum atomic E-state index is -0.459. The van der Waals surface area contributed by atoms with Gasteiger partial charge in [0, 0.05) is 41.7 Å². The van der Waals surface area contributed by atoms with Gasteiger partial charge in [-0.25, -0.2) is 0 Å². The number of hydrogen-bond donors (Lipinski definition) is 2. The fraction of sp³-hybridized carbons (Fsp3) is 0.333. The Labute approximate surface area is 165 Å². The van der Waals surface area contributed by atoms with Gasteiger partial charge in [-0.1, -0.05) is 6.08 Å². The molecular weight excluding hydrogens is 356 g/mol. The lowest BCUT2D eigenvalue weighted by Crippen LogP contribution is -2.44. The molecule has 150 valence electrons. The SMILES string of the molecule is CCN1c2cc(OC)c(N)cc2C(C)=CC1(C)C.Nc1ccc([N+](=O)[O-])cc1. The molecule has 0 radical (unpaired) electrons. The van der Waals surface area contributed by atoms with Crippen LogP contribution in [0.15, 0.2) is 42.5 Å². The van der Waals surface area contributed by atoms with Crippen molar-refractivity contribution >= 4 is 28.3 Å². The third-order valence-electron chi connectivity index (χ3n) is 4.75. The number of methoxy groups -OCH3 is 1. The summed E-state index contributed by atoms with van der Waals surface area (Å²) in [5.74, 6) is 0.748.